The largest absolute Gasteiger partial charge is 0.310 e. The van der Waals surface area contributed by atoms with E-state index in [-0.39, 0.29) is 6.71 Å². The first-order valence-corrected chi connectivity index (χ1v) is 32.8. The number of nitrogens with zero attached hydrogens (tertiary/aromatic N) is 4. The third kappa shape index (κ3) is 9.38. The van der Waals surface area contributed by atoms with Crippen molar-refractivity contribution in [3.63, 3.8) is 0 Å². The van der Waals surface area contributed by atoms with Crippen LogP contribution in [0.2, 0.25) is 0 Å². The summed E-state index contributed by atoms with van der Waals surface area (Å²) >= 11 is 0. The van der Waals surface area contributed by atoms with Crippen LogP contribution in [0.25, 0.3) is 94.3 Å². The third-order valence-corrected chi connectivity index (χ3v) is 19.3. The van der Waals surface area contributed by atoms with E-state index >= 15 is 0 Å². The summed E-state index contributed by atoms with van der Waals surface area (Å²) in [6.45, 7) is -0.265. The summed E-state index contributed by atoms with van der Waals surface area (Å²) in [5, 5.41) is 2.35. The molecule has 0 aliphatic carbocycles. The minimum Gasteiger partial charge on any atom is -0.310 e. The minimum absolute atomic E-state index is 0.265. The average molecular weight is 1210 g/mol. The molecule has 4 nitrogen and oxygen atoms in total. The summed E-state index contributed by atoms with van der Waals surface area (Å²) < 4.78 is 2.51. The molecule has 0 spiro atoms. The Morgan fingerprint density at radius 1 is 0.242 bits per heavy atom. The second-order valence-corrected chi connectivity index (χ2v) is 24.7. The van der Waals surface area contributed by atoms with Crippen LogP contribution in [0.4, 0.5) is 51.2 Å². The SMILES string of the molecule is c1ccc(-c2cccc(-n3c4ccccc4c4c5c(ccc43)B3c4ccc(-c6ccccc6)cc4N(c4c(-c6ccccc6)cccc4-c4ccccc4)c4cc(N(c6ccccc6)c6ccccc6)cc(c43)N5c3c(-c4ccccc4)cccc3-c3ccccc3)c2)cc1. The number of hydrogen-bond acceptors (Lipinski definition) is 3. The van der Waals surface area contributed by atoms with Gasteiger partial charge in [-0.3, -0.25) is 0 Å². The lowest BCUT2D eigenvalue weighted by molar-refractivity contribution is 1.18. The van der Waals surface area contributed by atoms with E-state index in [1.807, 2.05) is 0 Å². The second kappa shape index (κ2) is 23.4. The van der Waals surface area contributed by atoms with Crippen LogP contribution in [-0.2, 0) is 0 Å². The molecule has 16 aromatic rings. The molecule has 0 saturated heterocycles. The molecule has 0 amide bonds. The van der Waals surface area contributed by atoms with Crippen LogP contribution in [0, 0.1) is 0 Å². The summed E-state index contributed by atoms with van der Waals surface area (Å²) in [4.78, 5) is 7.84. The summed E-state index contributed by atoms with van der Waals surface area (Å²) in [6, 6.07) is 137. The Kier molecular flexibility index (Phi) is 13.6. The lowest BCUT2D eigenvalue weighted by Crippen LogP contribution is -2.61. The molecule has 0 fully saturated rings. The van der Waals surface area contributed by atoms with E-state index in [1.165, 1.54) is 32.7 Å². The Labute approximate surface area is 554 Å². The highest BCUT2D eigenvalue weighted by Crippen LogP contribution is 2.56. The number of benzene rings is 15. The molecule has 2 aliphatic heterocycles. The Hall–Kier alpha value is -12.4. The molecule has 0 bridgehead atoms. The van der Waals surface area contributed by atoms with E-state index in [1.54, 1.807) is 0 Å². The van der Waals surface area contributed by atoms with Gasteiger partial charge in [-0.25, -0.2) is 0 Å². The molecule has 18 rings (SSSR count). The van der Waals surface area contributed by atoms with Crippen LogP contribution in [-0.4, -0.2) is 11.3 Å². The molecular weight excluding hydrogens is 1150 g/mol. The first kappa shape index (κ1) is 55.4. The molecule has 0 radical (unpaired) electrons. The molecule has 15 aromatic carbocycles. The minimum atomic E-state index is -0.265. The van der Waals surface area contributed by atoms with E-state index in [0.717, 1.165) is 129 Å². The van der Waals surface area contributed by atoms with Crippen molar-refractivity contribution < 1.29 is 0 Å². The number of para-hydroxylation sites is 5. The van der Waals surface area contributed by atoms with Gasteiger partial charge in [-0.2, -0.15) is 0 Å². The summed E-state index contributed by atoms with van der Waals surface area (Å²) in [6.07, 6.45) is 0. The smallest absolute Gasteiger partial charge is 0.252 e. The van der Waals surface area contributed by atoms with Crippen LogP contribution in [0.5, 0.6) is 0 Å². The number of rotatable bonds is 12. The Balaban J connectivity index is 1.05. The van der Waals surface area contributed by atoms with Crippen LogP contribution >= 0.6 is 0 Å². The molecule has 0 unspecified atom stereocenters. The molecular formula is C90H61BN4. The van der Waals surface area contributed by atoms with Gasteiger partial charge in [-0.15, -0.1) is 0 Å². The molecule has 95 heavy (non-hydrogen) atoms. The van der Waals surface area contributed by atoms with Crippen molar-refractivity contribution in [1.82, 2.24) is 4.57 Å². The summed E-state index contributed by atoms with van der Waals surface area (Å²) in [5.74, 6) is 0. The monoisotopic (exact) mass is 1210 g/mol. The van der Waals surface area contributed by atoms with Gasteiger partial charge in [0.2, 0.25) is 0 Å². The van der Waals surface area contributed by atoms with Crippen molar-refractivity contribution in [2.24, 2.45) is 0 Å². The Bertz CT molecular complexity index is 5370. The first-order chi connectivity index (χ1) is 47.2. The fourth-order valence-electron chi connectivity index (χ4n) is 15.2. The third-order valence-electron chi connectivity index (χ3n) is 19.3. The van der Waals surface area contributed by atoms with Gasteiger partial charge >= 0.3 is 0 Å². The van der Waals surface area contributed by atoms with Gasteiger partial charge in [0.15, 0.2) is 0 Å². The van der Waals surface area contributed by atoms with Gasteiger partial charge in [0.05, 0.1) is 33.8 Å². The molecule has 0 atom stereocenters. The van der Waals surface area contributed by atoms with E-state index in [4.69, 9.17) is 0 Å². The van der Waals surface area contributed by atoms with Crippen molar-refractivity contribution in [2.75, 3.05) is 14.7 Å². The maximum Gasteiger partial charge on any atom is 0.252 e. The molecule has 3 heterocycles. The Morgan fingerprint density at radius 3 is 1.15 bits per heavy atom. The number of hydrogen-bond donors (Lipinski definition) is 0. The van der Waals surface area contributed by atoms with Crippen molar-refractivity contribution in [2.45, 2.75) is 0 Å². The van der Waals surface area contributed by atoms with Crippen LogP contribution in [0.3, 0.4) is 0 Å². The zero-order chi connectivity index (χ0) is 62.8. The zero-order valence-electron chi connectivity index (χ0n) is 52.1. The number of anilines is 9. The molecule has 5 heteroatoms. The Morgan fingerprint density at radius 2 is 0.642 bits per heavy atom. The second-order valence-electron chi connectivity index (χ2n) is 24.7. The van der Waals surface area contributed by atoms with Crippen LogP contribution < -0.4 is 31.1 Å². The van der Waals surface area contributed by atoms with E-state index in [0.29, 0.717) is 0 Å². The van der Waals surface area contributed by atoms with Crippen molar-refractivity contribution in [3.05, 3.63) is 370 Å². The number of aromatic nitrogens is 1. The molecule has 0 saturated carbocycles. The highest BCUT2D eigenvalue weighted by atomic mass is 15.2. The predicted molar refractivity (Wildman–Crippen MR) is 402 cm³/mol. The fourth-order valence-corrected chi connectivity index (χ4v) is 15.2. The topological polar surface area (TPSA) is 14.7 Å². The van der Waals surface area contributed by atoms with Gasteiger partial charge < -0.3 is 19.3 Å². The van der Waals surface area contributed by atoms with Crippen LogP contribution in [0.15, 0.2) is 370 Å². The average Bonchev–Trinajstić information content (AvgIpc) is 1.63. The predicted octanol–water partition coefficient (Wildman–Crippen LogP) is 22.3. The molecule has 1 aromatic heterocycles. The summed E-state index contributed by atoms with van der Waals surface area (Å²) in [5.41, 5.74) is 30.4. The quantitative estimate of drug-likeness (QED) is 0.113. The van der Waals surface area contributed by atoms with E-state index in [9.17, 15) is 0 Å². The van der Waals surface area contributed by atoms with Crippen molar-refractivity contribution in [3.8, 4) is 72.4 Å². The molecule has 444 valence electrons. The highest BCUT2D eigenvalue weighted by molar-refractivity contribution is 7.00. The van der Waals surface area contributed by atoms with Crippen molar-refractivity contribution in [1.29, 1.82) is 0 Å². The lowest BCUT2D eigenvalue weighted by atomic mass is 9.33. The standard InChI is InChI=1S/C90H61BN4/c1-9-30-62(31-10-1)68-42-27-47-72(58-68)93-81-53-26-25-48-78(81)86-82(93)57-56-80-90(86)95(89-76(66-38-17-5-18-39-66)51-29-52-77(89)67-40-19-6-20-41-67)85-61-73(92(70-43-21-7-22-44-70)71-45-23-8-24-46-71)60-84-87(85)91(80)79-55-54-69(63-32-11-2-12-33-63)59-83(79)94(84)88-74(64-34-13-3-14-35-64)49-28-50-75(88)65-36-15-4-16-37-65/h1-61H. The highest BCUT2D eigenvalue weighted by Gasteiger charge is 2.47. The van der Waals surface area contributed by atoms with Gasteiger partial charge in [0, 0.05) is 67.2 Å². The van der Waals surface area contributed by atoms with Gasteiger partial charge in [-0.1, -0.05) is 303 Å². The van der Waals surface area contributed by atoms with Crippen molar-refractivity contribution >= 4 is 96.1 Å². The maximum absolute atomic E-state index is 2.72. The first-order valence-electron chi connectivity index (χ1n) is 32.8. The van der Waals surface area contributed by atoms with Gasteiger partial charge in [0.25, 0.3) is 6.71 Å². The normalized spacial score (nSPS) is 12.1. The molecule has 2 aliphatic rings. The van der Waals surface area contributed by atoms with Gasteiger partial charge in [-0.05, 0) is 128 Å². The zero-order valence-corrected chi connectivity index (χ0v) is 52.1. The van der Waals surface area contributed by atoms with E-state index < -0.39 is 0 Å². The molecule has 0 N–H and O–H groups in total. The van der Waals surface area contributed by atoms with Crippen LogP contribution in [0.1, 0.15) is 0 Å². The fraction of sp³-hybridized carbons (Fsp3) is 0. The van der Waals surface area contributed by atoms with Gasteiger partial charge in [0.1, 0.15) is 0 Å². The number of fused-ring (bicyclic) bond motifs is 8. The summed E-state index contributed by atoms with van der Waals surface area (Å²) in [7, 11) is 0. The maximum atomic E-state index is 2.72. The lowest BCUT2D eigenvalue weighted by Gasteiger charge is -2.46. The van der Waals surface area contributed by atoms with E-state index in [2.05, 4.69) is 389 Å².